The molecule has 0 saturated carbocycles. The Morgan fingerprint density at radius 2 is 1.77 bits per heavy atom. The lowest BCUT2D eigenvalue weighted by Crippen LogP contribution is -2.54. The molecule has 1 saturated heterocycles. The van der Waals surface area contributed by atoms with Crippen molar-refractivity contribution in [3.63, 3.8) is 0 Å². The number of carbonyl (C=O) groups is 3. The Bertz CT molecular complexity index is 1700. The number of halogens is 2. The normalized spacial score (nSPS) is 14.6. The molecule has 4 amide bonds. The molecule has 1 aliphatic heterocycles. The quantitative estimate of drug-likeness (QED) is 0.130. The molecular weight excluding hydrogens is 643 g/mol. The van der Waals surface area contributed by atoms with Crippen molar-refractivity contribution in [1.82, 2.24) is 5.32 Å². The third kappa shape index (κ3) is 5.55. The molecule has 0 atom stereocenters. The molecule has 0 bridgehead atoms. The lowest BCUT2D eigenvalue weighted by atomic mass is 10.0. The summed E-state index contributed by atoms with van der Waals surface area (Å²) in [4.78, 5) is 39.4. The third-order valence-electron chi connectivity index (χ3n) is 6.45. The number of barbiturate groups is 1. The minimum Gasteiger partial charge on any atom is -0.490 e. The lowest BCUT2D eigenvalue weighted by molar-refractivity contribution is -0.122. The van der Waals surface area contributed by atoms with Crippen molar-refractivity contribution in [3.05, 3.63) is 104 Å². The zero-order valence-electron chi connectivity index (χ0n) is 21.7. The highest BCUT2D eigenvalue weighted by Gasteiger charge is 2.37. The van der Waals surface area contributed by atoms with Gasteiger partial charge in [0.15, 0.2) is 11.5 Å². The number of urea groups is 1. The number of fused-ring (bicyclic) bond motifs is 1. The van der Waals surface area contributed by atoms with E-state index in [0.717, 1.165) is 30.4 Å². The zero-order chi connectivity index (χ0) is 28.4. The number of anilines is 1. The Kier molecular flexibility index (Phi) is 8.09. The van der Waals surface area contributed by atoms with Crippen LogP contribution in [0.3, 0.4) is 0 Å². The molecular formula is C31H24ClIN2O5. The molecule has 4 aromatic carbocycles. The average molecular weight is 667 g/mol. The van der Waals surface area contributed by atoms with E-state index in [1.807, 2.05) is 19.1 Å². The van der Waals surface area contributed by atoms with Gasteiger partial charge in [-0.1, -0.05) is 54.1 Å². The second kappa shape index (κ2) is 11.7. The molecule has 1 heterocycles. The summed E-state index contributed by atoms with van der Waals surface area (Å²) < 4.78 is 13.0. The Morgan fingerprint density at radius 1 is 0.975 bits per heavy atom. The SMILES string of the molecule is CCOc1cc(/C=C2\C(=O)NC(=O)N(c3cccc(Cl)c3)C2=O)cc(I)c1OCc1c(C)ccc2ccccc12. The Balaban J connectivity index is 1.48. The van der Waals surface area contributed by atoms with Gasteiger partial charge < -0.3 is 9.47 Å². The maximum absolute atomic E-state index is 13.3. The number of amides is 4. The van der Waals surface area contributed by atoms with Gasteiger partial charge in [-0.15, -0.1) is 0 Å². The van der Waals surface area contributed by atoms with Gasteiger partial charge in [0, 0.05) is 10.6 Å². The number of carbonyl (C=O) groups excluding carboxylic acids is 3. The van der Waals surface area contributed by atoms with E-state index in [2.05, 4.69) is 59.1 Å². The standard InChI is InChI=1S/C31H24ClIN2O5/c1-3-39-27-15-19(13-24-29(36)34-31(38)35(30(24)37)22-9-6-8-21(32)16-22)14-26(33)28(27)40-17-25-18(2)11-12-20-7-4-5-10-23(20)25/h4-16H,3,17H2,1-2H3,(H,34,36,38)/b24-13+. The topological polar surface area (TPSA) is 84.9 Å². The van der Waals surface area contributed by atoms with Gasteiger partial charge in [-0.2, -0.15) is 0 Å². The summed E-state index contributed by atoms with van der Waals surface area (Å²) in [5.74, 6) is -0.499. The number of imide groups is 2. The van der Waals surface area contributed by atoms with Crippen LogP contribution in [-0.2, 0) is 16.2 Å². The van der Waals surface area contributed by atoms with E-state index in [1.54, 1.807) is 30.3 Å². The van der Waals surface area contributed by atoms with Crippen molar-refractivity contribution in [2.24, 2.45) is 0 Å². The van der Waals surface area contributed by atoms with Crippen molar-refractivity contribution in [2.75, 3.05) is 11.5 Å². The number of hydrogen-bond acceptors (Lipinski definition) is 5. The Labute approximate surface area is 249 Å². The summed E-state index contributed by atoms with van der Waals surface area (Å²) in [5.41, 5.74) is 2.80. The van der Waals surface area contributed by atoms with Crippen LogP contribution in [-0.4, -0.2) is 24.5 Å². The smallest absolute Gasteiger partial charge is 0.335 e. The largest absolute Gasteiger partial charge is 0.490 e. The molecule has 0 aromatic heterocycles. The highest BCUT2D eigenvalue weighted by molar-refractivity contribution is 14.1. The van der Waals surface area contributed by atoms with Gasteiger partial charge in [0.25, 0.3) is 11.8 Å². The van der Waals surface area contributed by atoms with Crippen LogP contribution in [0.1, 0.15) is 23.6 Å². The fourth-order valence-electron chi connectivity index (χ4n) is 4.53. The molecule has 0 unspecified atom stereocenters. The van der Waals surface area contributed by atoms with Gasteiger partial charge in [-0.25, -0.2) is 9.69 Å². The predicted molar refractivity (Wildman–Crippen MR) is 164 cm³/mol. The molecule has 0 spiro atoms. The van der Waals surface area contributed by atoms with E-state index in [0.29, 0.717) is 35.3 Å². The fourth-order valence-corrected chi connectivity index (χ4v) is 5.49. The Hall–Kier alpha value is -3.89. The highest BCUT2D eigenvalue weighted by Crippen LogP contribution is 2.37. The van der Waals surface area contributed by atoms with E-state index >= 15 is 0 Å². The summed E-state index contributed by atoms with van der Waals surface area (Å²) in [5, 5.41) is 4.84. The zero-order valence-corrected chi connectivity index (χ0v) is 24.6. The van der Waals surface area contributed by atoms with Crippen LogP contribution in [0, 0.1) is 10.5 Å². The number of ether oxygens (including phenoxy) is 2. The minimum absolute atomic E-state index is 0.196. The molecule has 1 N–H and O–H groups in total. The van der Waals surface area contributed by atoms with Crippen LogP contribution in [0.2, 0.25) is 5.02 Å². The molecule has 0 radical (unpaired) electrons. The van der Waals surface area contributed by atoms with E-state index in [9.17, 15) is 14.4 Å². The van der Waals surface area contributed by atoms with Gasteiger partial charge in [-0.3, -0.25) is 14.9 Å². The number of nitrogens with zero attached hydrogens (tertiary/aromatic N) is 1. The summed E-state index contributed by atoms with van der Waals surface area (Å²) in [6, 6.07) is 21.3. The summed E-state index contributed by atoms with van der Waals surface area (Å²) in [7, 11) is 0. The summed E-state index contributed by atoms with van der Waals surface area (Å²) >= 11 is 8.20. The van der Waals surface area contributed by atoms with Crippen LogP contribution in [0.15, 0.2) is 78.4 Å². The first-order valence-corrected chi connectivity index (χ1v) is 14.0. The summed E-state index contributed by atoms with van der Waals surface area (Å²) in [6.45, 7) is 4.64. The molecule has 202 valence electrons. The van der Waals surface area contributed by atoms with E-state index < -0.39 is 17.8 Å². The fraction of sp³-hybridized carbons (Fsp3) is 0.129. The monoisotopic (exact) mass is 666 g/mol. The van der Waals surface area contributed by atoms with Gasteiger partial charge in [-0.05, 0) is 94.7 Å². The first-order chi connectivity index (χ1) is 19.3. The molecule has 1 fully saturated rings. The molecule has 0 aliphatic carbocycles. The van der Waals surface area contributed by atoms with Crippen molar-refractivity contribution in [2.45, 2.75) is 20.5 Å². The van der Waals surface area contributed by atoms with Crippen LogP contribution < -0.4 is 19.7 Å². The van der Waals surface area contributed by atoms with E-state index in [1.165, 1.54) is 12.1 Å². The van der Waals surface area contributed by atoms with Gasteiger partial charge >= 0.3 is 6.03 Å². The first kappa shape index (κ1) is 27.7. The van der Waals surface area contributed by atoms with Gasteiger partial charge in [0.1, 0.15) is 12.2 Å². The number of benzene rings is 4. The highest BCUT2D eigenvalue weighted by atomic mass is 127. The second-order valence-electron chi connectivity index (χ2n) is 9.07. The van der Waals surface area contributed by atoms with Crippen LogP contribution >= 0.6 is 34.2 Å². The van der Waals surface area contributed by atoms with Crippen LogP contribution in [0.5, 0.6) is 11.5 Å². The molecule has 40 heavy (non-hydrogen) atoms. The second-order valence-corrected chi connectivity index (χ2v) is 10.7. The average Bonchev–Trinajstić information content (AvgIpc) is 2.91. The predicted octanol–water partition coefficient (Wildman–Crippen LogP) is 7.05. The van der Waals surface area contributed by atoms with Crippen molar-refractivity contribution in [1.29, 1.82) is 0 Å². The van der Waals surface area contributed by atoms with Crippen molar-refractivity contribution >= 4 is 74.6 Å². The molecule has 1 aliphatic rings. The van der Waals surface area contributed by atoms with Crippen LogP contribution in [0.25, 0.3) is 16.8 Å². The van der Waals surface area contributed by atoms with Gasteiger partial charge in [0.2, 0.25) is 0 Å². The van der Waals surface area contributed by atoms with E-state index in [4.69, 9.17) is 21.1 Å². The van der Waals surface area contributed by atoms with Crippen molar-refractivity contribution in [3.8, 4) is 11.5 Å². The molecule has 4 aromatic rings. The number of aryl methyl sites for hydroxylation is 1. The first-order valence-electron chi connectivity index (χ1n) is 12.5. The number of nitrogens with one attached hydrogen (secondary N) is 1. The maximum Gasteiger partial charge on any atom is 0.335 e. The van der Waals surface area contributed by atoms with Gasteiger partial charge in [0.05, 0.1) is 15.9 Å². The lowest BCUT2D eigenvalue weighted by Gasteiger charge is -2.26. The maximum atomic E-state index is 13.3. The van der Waals surface area contributed by atoms with E-state index in [-0.39, 0.29) is 11.3 Å². The Morgan fingerprint density at radius 3 is 2.55 bits per heavy atom. The van der Waals surface area contributed by atoms with Crippen molar-refractivity contribution < 1.29 is 23.9 Å². The molecule has 5 rings (SSSR count). The molecule has 9 heteroatoms. The van der Waals surface area contributed by atoms with Crippen LogP contribution in [0.4, 0.5) is 10.5 Å². The third-order valence-corrected chi connectivity index (χ3v) is 7.48. The number of rotatable bonds is 7. The number of hydrogen-bond donors (Lipinski definition) is 1. The minimum atomic E-state index is -0.841. The summed E-state index contributed by atoms with van der Waals surface area (Å²) in [6.07, 6.45) is 1.44. The molecule has 7 nitrogen and oxygen atoms in total.